The van der Waals surface area contributed by atoms with Crippen LogP contribution in [0.1, 0.15) is 45.1 Å². The Bertz CT molecular complexity index is 1050. The Morgan fingerprint density at radius 3 is 2.68 bits per heavy atom. The predicted octanol–water partition coefficient (Wildman–Crippen LogP) is 3.84. The zero-order chi connectivity index (χ0) is 23.9. The van der Waals surface area contributed by atoms with Crippen LogP contribution in [0.3, 0.4) is 0 Å². The first kappa shape index (κ1) is 22.7. The van der Waals surface area contributed by atoms with Gasteiger partial charge >= 0.3 is 0 Å². The lowest BCUT2D eigenvalue weighted by atomic mass is 9.37. The van der Waals surface area contributed by atoms with Crippen LogP contribution in [0.25, 0.3) is 0 Å². The molecule has 1 aromatic rings. The van der Waals surface area contributed by atoms with Crippen molar-refractivity contribution in [1.82, 2.24) is 0 Å². The predicted molar refractivity (Wildman–Crippen MR) is 128 cm³/mol. The van der Waals surface area contributed by atoms with Gasteiger partial charge in [-0.1, -0.05) is 62.9 Å². The molecule has 5 fully saturated rings. The van der Waals surface area contributed by atoms with Crippen molar-refractivity contribution in [3.05, 3.63) is 60.2 Å². The Morgan fingerprint density at radius 1 is 1.15 bits per heavy atom. The van der Waals surface area contributed by atoms with Crippen LogP contribution in [-0.4, -0.2) is 47.2 Å². The third kappa shape index (κ3) is 2.52. The van der Waals surface area contributed by atoms with Gasteiger partial charge in [-0.2, -0.15) is 0 Å². The quantitative estimate of drug-likeness (QED) is 0.393. The van der Waals surface area contributed by atoms with Crippen LogP contribution in [0.5, 0.6) is 0 Å². The van der Waals surface area contributed by atoms with E-state index in [0.29, 0.717) is 18.8 Å². The van der Waals surface area contributed by atoms with Gasteiger partial charge in [0.1, 0.15) is 11.5 Å². The molecule has 7 rings (SSSR count). The highest BCUT2D eigenvalue weighted by Crippen LogP contribution is 2.76. The molecule has 4 bridgehead atoms. The van der Waals surface area contributed by atoms with Crippen molar-refractivity contribution in [3.63, 3.8) is 0 Å². The number of fused-ring (bicyclic) bond motifs is 2. The van der Waals surface area contributed by atoms with Crippen molar-refractivity contribution >= 4 is 5.78 Å². The molecule has 4 aliphatic carbocycles. The Morgan fingerprint density at radius 2 is 1.91 bits per heavy atom. The van der Waals surface area contributed by atoms with E-state index in [4.69, 9.17) is 9.47 Å². The van der Waals surface area contributed by atoms with Gasteiger partial charge in [0, 0.05) is 17.3 Å². The molecular weight excluding hydrogens is 428 g/mol. The number of hydrogen-bond acceptors (Lipinski definition) is 5. The molecule has 5 heteroatoms. The first-order chi connectivity index (χ1) is 16.2. The van der Waals surface area contributed by atoms with Crippen molar-refractivity contribution in [3.8, 4) is 0 Å². The minimum Gasteiger partial charge on any atom is -0.391 e. The van der Waals surface area contributed by atoms with Crippen LogP contribution < -0.4 is 0 Å². The maximum Gasteiger partial charge on any atom is 0.210 e. The molecule has 1 aromatic carbocycles. The molecule has 2 N–H and O–H groups in total. The van der Waals surface area contributed by atoms with Crippen LogP contribution in [0, 0.1) is 34.0 Å². The van der Waals surface area contributed by atoms with Gasteiger partial charge in [0.2, 0.25) is 5.79 Å². The number of carbonyl (C=O) groups excluding carboxylic acids is 1. The minimum atomic E-state index is -1.56. The van der Waals surface area contributed by atoms with Crippen molar-refractivity contribution in [1.29, 1.82) is 0 Å². The monoisotopic (exact) mass is 464 g/mol. The van der Waals surface area contributed by atoms with Crippen LogP contribution in [-0.2, 0) is 20.7 Å². The zero-order valence-electron chi connectivity index (χ0n) is 20.2. The molecule has 2 aliphatic heterocycles. The fraction of sp³-hybridized carbons (Fsp3) is 0.621. The number of aryl methyl sites for hydroxylation is 1. The van der Waals surface area contributed by atoms with Gasteiger partial charge in [-0.3, -0.25) is 4.79 Å². The number of ketones is 1. The SMILES string of the molecule is C=C1C(=O)[C@]23[C@H](O)[C@H]1CC[C@H]2[C@]12C=CCC(C)(C)[C@H]1[C@H](O)[C@@]3(OCCCc1ccccc1)OC2. The number of carbonyl (C=O) groups is 1. The van der Waals surface area contributed by atoms with Crippen molar-refractivity contribution < 1.29 is 24.5 Å². The van der Waals surface area contributed by atoms with Crippen LogP contribution in [0.15, 0.2) is 54.6 Å². The summed E-state index contributed by atoms with van der Waals surface area (Å²) >= 11 is 0. The van der Waals surface area contributed by atoms with E-state index in [-0.39, 0.29) is 29.0 Å². The van der Waals surface area contributed by atoms with Crippen molar-refractivity contribution in [2.24, 2.45) is 34.0 Å². The lowest BCUT2D eigenvalue weighted by Gasteiger charge is -2.73. The summed E-state index contributed by atoms with van der Waals surface area (Å²) in [5, 5.41) is 23.8. The first-order valence-electron chi connectivity index (χ1n) is 12.8. The average molecular weight is 465 g/mol. The van der Waals surface area contributed by atoms with Crippen LogP contribution in [0.4, 0.5) is 0 Å². The highest BCUT2D eigenvalue weighted by molar-refractivity contribution is 6.05. The molecule has 0 radical (unpaired) electrons. The third-order valence-electron chi connectivity index (χ3n) is 10.0. The normalized spacial score (nSPS) is 45.8. The highest BCUT2D eigenvalue weighted by atomic mass is 16.7. The van der Waals surface area contributed by atoms with Gasteiger partial charge < -0.3 is 19.7 Å². The van der Waals surface area contributed by atoms with E-state index in [1.807, 2.05) is 18.2 Å². The molecule has 0 aromatic heterocycles. The van der Waals surface area contributed by atoms with Gasteiger partial charge in [-0.05, 0) is 54.6 Å². The van der Waals surface area contributed by atoms with Gasteiger partial charge in [0.25, 0.3) is 0 Å². The fourth-order valence-electron chi connectivity index (χ4n) is 8.77. The van der Waals surface area contributed by atoms with E-state index in [1.165, 1.54) is 5.56 Å². The Hall–Kier alpha value is -1.79. The Kier molecular flexibility index (Phi) is 4.91. The molecule has 2 spiro atoms. The van der Waals surface area contributed by atoms with Crippen LogP contribution in [0.2, 0.25) is 0 Å². The first-order valence-corrected chi connectivity index (χ1v) is 12.8. The molecule has 6 aliphatic rings. The second-order valence-electron chi connectivity index (χ2n) is 11.9. The molecule has 2 saturated heterocycles. The maximum absolute atomic E-state index is 14.0. The third-order valence-corrected chi connectivity index (χ3v) is 10.0. The number of aliphatic hydroxyl groups excluding tert-OH is 2. The minimum absolute atomic E-state index is 0.117. The van der Waals surface area contributed by atoms with E-state index < -0.39 is 28.8 Å². The molecule has 5 nitrogen and oxygen atoms in total. The molecule has 34 heavy (non-hydrogen) atoms. The number of Topliss-reactive ketones (excluding diaryl/α,β-unsaturated/α-hetero) is 1. The number of hydrogen-bond donors (Lipinski definition) is 2. The molecule has 182 valence electrons. The second kappa shape index (κ2) is 7.36. The fourth-order valence-corrected chi connectivity index (χ4v) is 8.77. The number of rotatable bonds is 5. The van der Waals surface area contributed by atoms with Crippen molar-refractivity contribution in [2.45, 2.75) is 63.9 Å². The summed E-state index contributed by atoms with van der Waals surface area (Å²) in [7, 11) is 0. The summed E-state index contributed by atoms with van der Waals surface area (Å²) in [5.74, 6) is -2.28. The lowest BCUT2D eigenvalue weighted by molar-refractivity contribution is -0.447. The standard InChI is InChI=1S/C29H36O5/c1-18-20-12-13-21-27-15-8-14-26(2,3)22(27)25(32)29(34-17-27,28(21,23(18)30)24(20)31)33-16-7-11-19-9-5-4-6-10-19/h4-6,8-10,15,20-22,24-25,31-32H,1,7,11-14,16-17H2,2-3H3/t20-,21-,22+,24+,25-,27+,28-,29+/m0/s1. The smallest absolute Gasteiger partial charge is 0.210 e. The summed E-state index contributed by atoms with van der Waals surface area (Å²) in [5.41, 5.74) is -0.306. The summed E-state index contributed by atoms with van der Waals surface area (Å²) in [6.45, 7) is 9.23. The Labute approximate surface area is 201 Å². The zero-order valence-corrected chi connectivity index (χ0v) is 20.2. The van der Waals surface area contributed by atoms with E-state index >= 15 is 0 Å². The maximum atomic E-state index is 14.0. The number of aliphatic hydroxyl groups is 2. The molecule has 3 saturated carbocycles. The molecule has 8 atom stereocenters. The summed E-state index contributed by atoms with van der Waals surface area (Å²) in [4.78, 5) is 14.0. The van der Waals surface area contributed by atoms with Gasteiger partial charge in [0.05, 0.1) is 19.3 Å². The second-order valence-corrected chi connectivity index (χ2v) is 11.9. The lowest BCUT2D eigenvalue weighted by Crippen LogP contribution is -2.83. The summed E-state index contributed by atoms with van der Waals surface area (Å²) in [6, 6.07) is 10.2. The van der Waals surface area contributed by atoms with Gasteiger partial charge in [0.15, 0.2) is 5.78 Å². The molecule has 0 unspecified atom stereocenters. The van der Waals surface area contributed by atoms with E-state index in [2.05, 4.69) is 44.7 Å². The largest absolute Gasteiger partial charge is 0.391 e. The average Bonchev–Trinajstić information content (AvgIpc) is 2.92. The number of ether oxygens (including phenoxy) is 2. The summed E-state index contributed by atoms with van der Waals surface area (Å²) < 4.78 is 13.1. The van der Waals surface area contributed by atoms with Gasteiger partial charge in [-0.15, -0.1) is 0 Å². The summed E-state index contributed by atoms with van der Waals surface area (Å²) in [6.07, 6.45) is 6.36. The van der Waals surface area contributed by atoms with E-state index in [9.17, 15) is 15.0 Å². The van der Waals surface area contributed by atoms with Crippen molar-refractivity contribution in [2.75, 3.05) is 13.2 Å². The molecular formula is C29H36O5. The van der Waals surface area contributed by atoms with E-state index in [0.717, 1.165) is 32.1 Å². The van der Waals surface area contributed by atoms with E-state index in [1.54, 1.807) is 0 Å². The highest BCUT2D eigenvalue weighted by Gasteiger charge is 2.86. The molecule has 0 amide bonds. The Balaban J connectivity index is 1.43. The number of allylic oxidation sites excluding steroid dienone is 1. The van der Waals surface area contributed by atoms with Gasteiger partial charge in [-0.25, -0.2) is 0 Å². The topological polar surface area (TPSA) is 76.0 Å². The molecule has 2 heterocycles. The van der Waals surface area contributed by atoms with Crippen LogP contribution >= 0.6 is 0 Å². The number of benzene rings is 1.